The lowest BCUT2D eigenvalue weighted by Gasteiger charge is -1.66. The Labute approximate surface area is 38.5 Å². The Morgan fingerprint density at radius 2 is 2.17 bits per heavy atom. The van der Waals surface area contributed by atoms with Crippen molar-refractivity contribution in [3.8, 4) is 11.8 Å². The van der Waals surface area contributed by atoms with Crippen LogP contribution in [0.15, 0.2) is 0 Å². The average Bonchev–Trinajstić information content (AvgIpc) is 1.61. The topological polar surface area (TPSA) is 26.0 Å². The van der Waals surface area contributed by atoms with Gasteiger partial charge >= 0.3 is 0 Å². The summed E-state index contributed by atoms with van der Waals surface area (Å²) in [4.78, 5) is 0. The van der Waals surface area contributed by atoms with E-state index in [0.717, 1.165) is 6.42 Å². The molecule has 0 radical (unpaired) electrons. The van der Waals surface area contributed by atoms with Gasteiger partial charge in [0.1, 0.15) is 0 Å². The Morgan fingerprint density at radius 3 is 2.33 bits per heavy atom. The summed E-state index contributed by atoms with van der Waals surface area (Å²) in [6.07, 6.45) is 0.914. The lowest BCUT2D eigenvalue weighted by molar-refractivity contribution is 1.25. The first-order valence-electron chi connectivity index (χ1n) is 2.07. The number of nitrogens with two attached hydrogens (primary N) is 1. The molecule has 34 valence electrons. The van der Waals surface area contributed by atoms with E-state index in [0.29, 0.717) is 6.54 Å². The molecule has 0 heterocycles. The highest BCUT2D eigenvalue weighted by Crippen LogP contribution is 1.62. The van der Waals surface area contributed by atoms with Gasteiger partial charge in [0.15, 0.2) is 0 Å². The van der Waals surface area contributed by atoms with Crippen molar-refractivity contribution in [3.63, 3.8) is 0 Å². The smallest absolute Gasteiger partial charge is 0.0551 e. The number of rotatable bonds is 0. The zero-order valence-electron chi connectivity index (χ0n) is 3.99. The van der Waals surface area contributed by atoms with Gasteiger partial charge in [-0.3, -0.25) is 0 Å². The molecule has 0 aromatic rings. The number of hydrogen-bond donors (Lipinski definition) is 1. The van der Waals surface area contributed by atoms with Crippen molar-refractivity contribution < 1.29 is 0 Å². The minimum Gasteiger partial charge on any atom is -0.320 e. The summed E-state index contributed by atoms with van der Waals surface area (Å²) >= 11 is 0. The van der Waals surface area contributed by atoms with E-state index >= 15 is 0 Å². The third kappa shape index (κ3) is 3.52. The van der Waals surface area contributed by atoms with E-state index < -0.39 is 0 Å². The van der Waals surface area contributed by atoms with E-state index in [-0.39, 0.29) is 0 Å². The van der Waals surface area contributed by atoms with Gasteiger partial charge in [-0.1, -0.05) is 12.8 Å². The van der Waals surface area contributed by atoms with Crippen LogP contribution in [0.3, 0.4) is 0 Å². The van der Waals surface area contributed by atoms with E-state index in [4.69, 9.17) is 5.73 Å². The second-order valence-electron chi connectivity index (χ2n) is 0.911. The van der Waals surface area contributed by atoms with Gasteiger partial charge in [-0.05, 0) is 0 Å². The summed E-state index contributed by atoms with van der Waals surface area (Å²) < 4.78 is 0. The Kier molecular flexibility index (Phi) is 4.16. The Balaban J connectivity index is 2.90. The third-order valence-electron chi connectivity index (χ3n) is 0.404. The Morgan fingerprint density at radius 1 is 1.50 bits per heavy atom. The summed E-state index contributed by atoms with van der Waals surface area (Å²) in [5, 5.41) is 0. The van der Waals surface area contributed by atoms with Gasteiger partial charge in [-0.15, -0.1) is 5.92 Å². The van der Waals surface area contributed by atoms with Crippen molar-refractivity contribution in [1.29, 1.82) is 0 Å². The molecule has 0 aliphatic rings. The maximum absolute atomic E-state index is 5.04. The molecule has 0 fully saturated rings. The van der Waals surface area contributed by atoms with Crippen molar-refractivity contribution in [2.75, 3.05) is 6.54 Å². The molecule has 0 aliphatic heterocycles. The molecule has 0 aliphatic carbocycles. The van der Waals surface area contributed by atoms with E-state index in [1.54, 1.807) is 0 Å². The van der Waals surface area contributed by atoms with Crippen LogP contribution in [-0.2, 0) is 0 Å². The van der Waals surface area contributed by atoms with Crippen molar-refractivity contribution in [2.45, 2.75) is 13.3 Å². The van der Waals surface area contributed by atoms with Crippen LogP contribution in [-0.4, -0.2) is 6.54 Å². The minimum absolute atomic E-state index is 0.494. The van der Waals surface area contributed by atoms with Gasteiger partial charge in [0.05, 0.1) is 6.54 Å². The van der Waals surface area contributed by atoms with Crippen molar-refractivity contribution >= 4 is 0 Å². The summed E-state index contributed by atoms with van der Waals surface area (Å²) in [7, 11) is 0. The molecule has 0 rings (SSSR count). The molecule has 0 aromatic heterocycles. The van der Waals surface area contributed by atoms with Gasteiger partial charge in [-0.25, -0.2) is 0 Å². The Bertz CT molecular complexity index is 57.7. The molecule has 0 amide bonds. The van der Waals surface area contributed by atoms with Crippen LogP contribution in [0.25, 0.3) is 0 Å². The van der Waals surface area contributed by atoms with Gasteiger partial charge < -0.3 is 5.73 Å². The molecule has 0 saturated carbocycles. The van der Waals surface area contributed by atoms with Crippen LogP contribution >= 0.6 is 0 Å². The second-order valence-corrected chi connectivity index (χ2v) is 0.911. The molecule has 0 unspecified atom stereocenters. The zero-order valence-corrected chi connectivity index (χ0v) is 3.99. The van der Waals surface area contributed by atoms with Crippen LogP contribution in [0.4, 0.5) is 0 Å². The highest BCUT2D eigenvalue weighted by atomic mass is 14.5. The molecular formula is C5H9N. The summed E-state index contributed by atoms with van der Waals surface area (Å²) in [5.74, 6) is 5.55. The molecule has 1 heteroatoms. The predicted molar refractivity (Wildman–Crippen MR) is 27.1 cm³/mol. The zero-order chi connectivity index (χ0) is 4.83. The first-order chi connectivity index (χ1) is 2.91. The van der Waals surface area contributed by atoms with E-state index in [1.165, 1.54) is 0 Å². The van der Waals surface area contributed by atoms with Gasteiger partial charge in [0, 0.05) is 6.42 Å². The molecule has 6 heavy (non-hydrogen) atoms. The van der Waals surface area contributed by atoms with Crippen LogP contribution in [0.5, 0.6) is 0 Å². The molecule has 0 spiro atoms. The van der Waals surface area contributed by atoms with Crippen LogP contribution in [0, 0.1) is 11.8 Å². The summed E-state index contributed by atoms with van der Waals surface area (Å²) in [6, 6.07) is 0. The molecule has 1 nitrogen and oxygen atoms in total. The van der Waals surface area contributed by atoms with E-state index in [9.17, 15) is 0 Å². The average molecular weight is 83.1 g/mol. The largest absolute Gasteiger partial charge is 0.320 e. The SMILES string of the molecule is CCC#CCN. The summed E-state index contributed by atoms with van der Waals surface area (Å²) in [5.41, 5.74) is 5.04. The predicted octanol–water partition coefficient (Wildman–Crippen LogP) is 0.359. The third-order valence-corrected chi connectivity index (χ3v) is 0.404. The van der Waals surface area contributed by atoms with Gasteiger partial charge in [-0.2, -0.15) is 0 Å². The summed E-state index contributed by atoms with van der Waals surface area (Å²) in [6.45, 7) is 2.50. The van der Waals surface area contributed by atoms with Crippen LogP contribution in [0.2, 0.25) is 0 Å². The van der Waals surface area contributed by atoms with Crippen LogP contribution in [0.1, 0.15) is 13.3 Å². The first kappa shape index (κ1) is 5.52. The monoisotopic (exact) mass is 83.1 g/mol. The standard InChI is InChI=1S/C5H9N/c1-2-3-4-5-6/h2,5-6H2,1H3. The quantitative estimate of drug-likeness (QED) is 0.420. The molecular weight excluding hydrogens is 74.1 g/mol. The molecule has 0 aromatic carbocycles. The fourth-order valence-electron chi connectivity index (χ4n) is 0.197. The molecule has 2 N–H and O–H groups in total. The van der Waals surface area contributed by atoms with Crippen molar-refractivity contribution in [3.05, 3.63) is 0 Å². The fraction of sp³-hybridized carbons (Fsp3) is 0.600. The Hall–Kier alpha value is -0.480. The normalized spacial score (nSPS) is 6.33. The van der Waals surface area contributed by atoms with E-state index in [1.807, 2.05) is 6.92 Å². The van der Waals surface area contributed by atoms with Crippen molar-refractivity contribution in [2.24, 2.45) is 5.73 Å². The van der Waals surface area contributed by atoms with Crippen molar-refractivity contribution in [1.82, 2.24) is 0 Å². The highest BCUT2D eigenvalue weighted by Gasteiger charge is 1.55. The fourth-order valence-corrected chi connectivity index (χ4v) is 0.197. The van der Waals surface area contributed by atoms with E-state index in [2.05, 4.69) is 11.8 Å². The maximum Gasteiger partial charge on any atom is 0.0551 e. The molecule has 0 saturated heterocycles. The lowest BCUT2D eigenvalue weighted by Crippen LogP contribution is -1.92. The minimum atomic E-state index is 0.494. The highest BCUT2D eigenvalue weighted by molar-refractivity contribution is 4.98. The number of hydrogen-bond acceptors (Lipinski definition) is 1. The first-order valence-corrected chi connectivity index (χ1v) is 2.07. The molecule has 0 atom stereocenters. The van der Waals surface area contributed by atoms with Gasteiger partial charge in [0.25, 0.3) is 0 Å². The lowest BCUT2D eigenvalue weighted by atomic mass is 10.5. The second kappa shape index (κ2) is 4.52. The maximum atomic E-state index is 5.04. The molecule has 0 bridgehead atoms. The van der Waals surface area contributed by atoms with Crippen LogP contribution < -0.4 is 5.73 Å². The van der Waals surface area contributed by atoms with Gasteiger partial charge in [0.2, 0.25) is 0 Å².